The van der Waals surface area contributed by atoms with Crippen molar-refractivity contribution in [2.24, 2.45) is 17.6 Å². The molecule has 2 heterocycles. The van der Waals surface area contributed by atoms with E-state index in [0.717, 1.165) is 30.1 Å². The van der Waals surface area contributed by atoms with Gasteiger partial charge in [-0.15, -0.1) is 23.7 Å². The summed E-state index contributed by atoms with van der Waals surface area (Å²) >= 11 is 1.45. The Kier molecular flexibility index (Phi) is 4.38. The minimum Gasteiger partial charge on any atom is -0.496 e. The number of nitrogens with zero attached hydrogens (tertiary/aromatic N) is 1. The van der Waals surface area contributed by atoms with Crippen LogP contribution in [0.2, 0.25) is 0 Å². The van der Waals surface area contributed by atoms with Gasteiger partial charge in [-0.3, -0.25) is 4.79 Å². The molecule has 2 aliphatic rings. The van der Waals surface area contributed by atoms with Crippen LogP contribution in [0.5, 0.6) is 5.75 Å². The number of thiophene rings is 1. The maximum atomic E-state index is 12.4. The van der Waals surface area contributed by atoms with Crippen LogP contribution in [0, 0.1) is 11.8 Å². The van der Waals surface area contributed by atoms with Gasteiger partial charge in [0.25, 0.3) is 5.91 Å². The second kappa shape index (κ2) is 5.69. The van der Waals surface area contributed by atoms with Crippen LogP contribution in [-0.2, 0) is 0 Å². The van der Waals surface area contributed by atoms with Crippen molar-refractivity contribution < 1.29 is 9.53 Å². The van der Waals surface area contributed by atoms with Gasteiger partial charge in [-0.05, 0) is 24.7 Å². The third-order valence-corrected chi connectivity index (χ3v) is 5.12. The van der Waals surface area contributed by atoms with Gasteiger partial charge in [-0.1, -0.05) is 0 Å². The second-order valence-electron chi connectivity index (χ2n) is 5.23. The molecule has 1 aliphatic carbocycles. The summed E-state index contributed by atoms with van der Waals surface area (Å²) < 4.78 is 5.12. The molecule has 2 fully saturated rings. The van der Waals surface area contributed by atoms with E-state index in [9.17, 15) is 4.79 Å². The highest BCUT2D eigenvalue weighted by molar-refractivity contribution is 7.12. The molecule has 1 aliphatic heterocycles. The van der Waals surface area contributed by atoms with E-state index in [0.29, 0.717) is 11.8 Å². The Morgan fingerprint density at radius 2 is 2.26 bits per heavy atom. The zero-order chi connectivity index (χ0) is 12.7. The maximum absolute atomic E-state index is 12.4. The van der Waals surface area contributed by atoms with E-state index < -0.39 is 0 Å². The first-order valence-electron chi connectivity index (χ1n) is 6.36. The molecule has 106 valence electrons. The van der Waals surface area contributed by atoms with E-state index in [2.05, 4.69) is 0 Å². The van der Waals surface area contributed by atoms with Crippen LogP contribution in [-0.4, -0.2) is 37.0 Å². The van der Waals surface area contributed by atoms with E-state index in [4.69, 9.17) is 10.5 Å². The Balaban J connectivity index is 0.00000133. The van der Waals surface area contributed by atoms with Crippen molar-refractivity contribution in [3.63, 3.8) is 0 Å². The minimum absolute atomic E-state index is 0. The van der Waals surface area contributed by atoms with Crippen LogP contribution in [0.1, 0.15) is 22.5 Å². The molecule has 0 bridgehead atoms. The maximum Gasteiger partial charge on any atom is 0.264 e. The quantitative estimate of drug-likeness (QED) is 0.909. The second-order valence-corrected chi connectivity index (χ2v) is 6.14. The molecular formula is C13H19ClN2O2S. The highest BCUT2D eigenvalue weighted by Gasteiger charge is 2.42. The molecule has 0 spiro atoms. The number of methoxy groups -OCH3 is 1. The lowest BCUT2D eigenvalue weighted by Crippen LogP contribution is -2.33. The van der Waals surface area contributed by atoms with Gasteiger partial charge in [0, 0.05) is 30.6 Å². The molecule has 6 heteroatoms. The minimum atomic E-state index is 0. The number of likely N-dealkylation sites (tertiary alicyclic amines) is 1. The van der Waals surface area contributed by atoms with Crippen molar-refractivity contribution in [1.82, 2.24) is 4.90 Å². The van der Waals surface area contributed by atoms with Crippen molar-refractivity contribution in [3.05, 3.63) is 16.3 Å². The summed E-state index contributed by atoms with van der Waals surface area (Å²) in [5.41, 5.74) is 6.09. The lowest BCUT2D eigenvalue weighted by atomic mass is 9.98. The Morgan fingerprint density at radius 3 is 2.89 bits per heavy atom. The lowest BCUT2D eigenvalue weighted by molar-refractivity contribution is 0.0784. The van der Waals surface area contributed by atoms with E-state index in [1.54, 1.807) is 7.11 Å². The summed E-state index contributed by atoms with van der Waals surface area (Å²) in [7, 11) is 1.62. The van der Waals surface area contributed by atoms with Gasteiger partial charge in [0.15, 0.2) is 0 Å². The summed E-state index contributed by atoms with van der Waals surface area (Å²) in [6.07, 6.45) is 2.29. The van der Waals surface area contributed by atoms with E-state index in [1.165, 1.54) is 17.8 Å². The van der Waals surface area contributed by atoms with Gasteiger partial charge in [-0.2, -0.15) is 0 Å². The van der Waals surface area contributed by atoms with Crippen molar-refractivity contribution in [2.75, 3.05) is 20.2 Å². The van der Waals surface area contributed by atoms with E-state index in [1.807, 2.05) is 16.3 Å². The highest BCUT2D eigenvalue weighted by Crippen LogP contribution is 2.38. The number of ether oxygens (including phenoxy) is 1. The molecular weight excluding hydrogens is 284 g/mol. The van der Waals surface area contributed by atoms with Crippen LogP contribution < -0.4 is 10.5 Å². The van der Waals surface area contributed by atoms with Crippen LogP contribution in [0.25, 0.3) is 0 Å². The topological polar surface area (TPSA) is 55.6 Å². The molecule has 4 nitrogen and oxygen atoms in total. The molecule has 3 unspecified atom stereocenters. The van der Waals surface area contributed by atoms with Gasteiger partial charge in [0.05, 0.1) is 12.0 Å². The molecule has 0 aromatic carbocycles. The predicted molar refractivity (Wildman–Crippen MR) is 78.2 cm³/mol. The Hall–Kier alpha value is -0.780. The van der Waals surface area contributed by atoms with Crippen LogP contribution in [0.3, 0.4) is 0 Å². The normalized spacial score (nSPS) is 28.9. The molecule has 1 saturated heterocycles. The summed E-state index contributed by atoms with van der Waals surface area (Å²) in [5.74, 6) is 2.02. The first-order chi connectivity index (χ1) is 8.69. The molecule has 3 atom stereocenters. The first kappa shape index (κ1) is 14.6. The fourth-order valence-electron chi connectivity index (χ4n) is 3.17. The zero-order valence-electron chi connectivity index (χ0n) is 10.9. The molecule has 1 aromatic heterocycles. The van der Waals surface area contributed by atoms with E-state index >= 15 is 0 Å². The molecule has 19 heavy (non-hydrogen) atoms. The summed E-state index contributed by atoms with van der Waals surface area (Å²) in [5, 5.41) is 1.87. The standard InChI is InChI=1S/C13H18N2O2S.ClH/c1-17-9-4-12(18-7-9)13(16)15-5-8-2-3-11(14)10(8)6-15;/h4,7-8,10-11H,2-3,5-6,14H2,1H3;1H. The van der Waals surface area contributed by atoms with Crippen molar-refractivity contribution in [3.8, 4) is 5.75 Å². The average Bonchev–Trinajstić information content (AvgIpc) is 3.06. The van der Waals surface area contributed by atoms with Gasteiger partial charge in [-0.25, -0.2) is 0 Å². The summed E-state index contributed by atoms with van der Waals surface area (Å²) in [6, 6.07) is 2.10. The Labute approximate surface area is 123 Å². The van der Waals surface area contributed by atoms with E-state index in [-0.39, 0.29) is 24.4 Å². The van der Waals surface area contributed by atoms with Crippen LogP contribution >= 0.6 is 23.7 Å². The third kappa shape index (κ3) is 2.59. The SMILES string of the molecule is COc1csc(C(=O)N2CC3CCC(N)C3C2)c1.Cl. The molecule has 3 rings (SSSR count). The number of amides is 1. The van der Waals surface area contributed by atoms with Crippen molar-refractivity contribution in [2.45, 2.75) is 18.9 Å². The third-order valence-electron chi connectivity index (χ3n) is 4.22. The fourth-order valence-corrected chi connectivity index (χ4v) is 3.99. The molecule has 1 aromatic rings. The van der Waals surface area contributed by atoms with Crippen molar-refractivity contribution >= 4 is 29.7 Å². The number of nitrogens with two attached hydrogens (primary N) is 1. The monoisotopic (exact) mass is 302 g/mol. The predicted octanol–water partition coefficient (Wildman–Crippen LogP) is 1.99. The number of fused-ring (bicyclic) bond motifs is 1. The van der Waals surface area contributed by atoms with Crippen LogP contribution in [0.4, 0.5) is 0 Å². The van der Waals surface area contributed by atoms with Gasteiger partial charge < -0.3 is 15.4 Å². The van der Waals surface area contributed by atoms with Gasteiger partial charge in [0.2, 0.25) is 0 Å². The Bertz CT molecular complexity index is 465. The number of carbonyl (C=O) groups excluding carboxylic acids is 1. The van der Waals surface area contributed by atoms with Gasteiger partial charge in [0.1, 0.15) is 5.75 Å². The molecule has 1 amide bonds. The number of halogens is 1. The smallest absolute Gasteiger partial charge is 0.264 e. The molecule has 2 N–H and O–H groups in total. The zero-order valence-corrected chi connectivity index (χ0v) is 12.5. The first-order valence-corrected chi connectivity index (χ1v) is 7.24. The molecule has 1 saturated carbocycles. The summed E-state index contributed by atoms with van der Waals surface area (Å²) in [6.45, 7) is 1.70. The molecule has 0 radical (unpaired) electrons. The van der Waals surface area contributed by atoms with Crippen LogP contribution in [0.15, 0.2) is 11.4 Å². The highest BCUT2D eigenvalue weighted by atomic mass is 35.5. The average molecular weight is 303 g/mol. The number of hydrogen-bond donors (Lipinski definition) is 1. The van der Waals surface area contributed by atoms with Crippen molar-refractivity contribution in [1.29, 1.82) is 0 Å². The summed E-state index contributed by atoms with van der Waals surface area (Å²) in [4.78, 5) is 15.1. The number of carbonyl (C=O) groups is 1. The largest absolute Gasteiger partial charge is 0.496 e. The fraction of sp³-hybridized carbons (Fsp3) is 0.615. The lowest BCUT2D eigenvalue weighted by Gasteiger charge is -2.17. The van der Waals surface area contributed by atoms with Gasteiger partial charge >= 0.3 is 0 Å². The number of rotatable bonds is 2. The number of hydrogen-bond acceptors (Lipinski definition) is 4. The Morgan fingerprint density at radius 1 is 1.47 bits per heavy atom.